The molecule has 9 heteroatoms. The van der Waals surface area contributed by atoms with Crippen molar-refractivity contribution in [1.82, 2.24) is 15.5 Å². The first-order valence-electron chi connectivity index (χ1n) is 12.4. The highest BCUT2D eigenvalue weighted by atomic mass is 35.5. The first-order valence-corrected chi connectivity index (χ1v) is 12.7. The molecule has 1 aliphatic rings. The van der Waals surface area contributed by atoms with Gasteiger partial charge in [-0.25, -0.2) is 0 Å². The molecule has 1 fully saturated rings. The second-order valence-corrected chi connectivity index (χ2v) is 9.66. The van der Waals surface area contributed by atoms with Crippen LogP contribution in [0.2, 0.25) is 5.02 Å². The van der Waals surface area contributed by atoms with Crippen molar-refractivity contribution < 1.29 is 14.3 Å². The molecular weight excluding hydrogens is 466 g/mol. The van der Waals surface area contributed by atoms with Crippen molar-refractivity contribution in [2.24, 2.45) is 5.73 Å². The molecule has 0 bridgehead atoms. The van der Waals surface area contributed by atoms with Crippen LogP contribution in [0.4, 0.5) is 5.69 Å². The topological polar surface area (TPSA) is 99.9 Å². The number of halogens is 1. The van der Waals surface area contributed by atoms with E-state index >= 15 is 0 Å². The number of primary amides is 1. The van der Waals surface area contributed by atoms with Crippen LogP contribution >= 0.6 is 11.6 Å². The number of hydrogen-bond acceptors (Lipinski definition) is 6. The average Bonchev–Trinajstić information content (AvgIpc) is 2.84. The highest BCUT2D eigenvalue weighted by Gasteiger charge is 2.29. The predicted octanol–water partition coefficient (Wildman–Crippen LogP) is 3.07. The molecule has 0 aromatic heterocycles. The van der Waals surface area contributed by atoms with Crippen LogP contribution in [0.15, 0.2) is 23.4 Å². The minimum atomic E-state index is -0.568. The van der Waals surface area contributed by atoms with Gasteiger partial charge in [0.25, 0.3) is 5.91 Å². The number of carbonyl (C=O) groups excluding carboxylic acids is 2. The zero-order chi connectivity index (χ0) is 26.1. The van der Waals surface area contributed by atoms with Crippen LogP contribution in [0.5, 0.6) is 0 Å². The van der Waals surface area contributed by atoms with Crippen LogP contribution < -0.4 is 21.3 Å². The summed E-state index contributed by atoms with van der Waals surface area (Å²) in [5.74, 6) is -0.852. The number of ether oxygens (including phenoxy) is 1. The van der Waals surface area contributed by atoms with E-state index < -0.39 is 5.91 Å². The number of benzene rings is 1. The van der Waals surface area contributed by atoms with Crippen molar-refractivity contribution in [3.05, 3.63) is 39.6 Å². The SMILES string of the molecule is CCN(c1cc(Cl)cc(C(=O)NC/C(C(N)=O)=C(\C)NC)c1C)[C@H]1CC[C@H](N(C)CCOC)CC1. The summed E-state index contributed by atoms with van der Waals surface area (Å²) in [5.41, 5.74) is 8.81. The second kappa shape index (κ2) is 13.7. The number of amides is 2. The van der Waals surface area contributed by atoms with Crippen molar-refractivity contribution in [1.29, 1.82) is 0 Å². The average molecular weight is 508 g/mol. The molecule has 0 aliphatic heterocycles. The standard InChI is InChI=1S/C26H42ClN5O3/c1-7-32(21-10-8-20(9-11-21)31(5)12-13-35-6)24-15-19(27)14-22(17(24)2)26(34)30-16-23(25(28)33)18(3)29-4/h14-15,20-21,29H,7-13,16H2,1-6H3,(H2,28,33)(H,30,34)/b23-18-/t20-,21-. The molecule has 2 amide bonds. The molecule has 2 rings (SSSR count). The van der Waals surface area contributed by atoms with Crippen LogP contribution in [0, 0.1) is 6.92 Å². The van der Waals surface area contributed by atoms with E-state index in [0.717, 1.165) is 56.6 Å². The van der Waals surface area contributed by atoms with Crippen molar-refractivity contribution in [3.8, 4) is 0 Å². The lowest BCUT2D eigenvalue weighted by Crippen LogP contribution is -2.44. The van der Waals surface area contributed by atoms with Gasteiger partial charge in [-0.05, 0) is 71.2 Å². The third-order valence-electron chi connectivity index (χ3n) is 7.17. The van der Waals surface area contributed by atoms with E-state index in [0.29, 0.717) is 33.9 Å². The van der Waals surface area contributed by atoms with Gasteiger partial charge in [0.1, 0.15) is 0 Å². The number of nitrogens with zero attached hydrogens (tertiary/aromatic N) is 2. The van der Waals surface area contributed by atoms with E-state index in [1.54, 1.807) is 27.1 Å². The maximum atomic E-state index is 13.1. The first kappa shape index (κ1) is 28.9. The van der Waals surface area contributed by atoms with E-state index in [1.165, 1.54) is 0 Å². The van der Waals surface area contributed by atoms with Gasteiger partial charge in [0.15, 0.2) is 0 Å². The van der Waals surface area contributed by atoms with E-state index in [1.807, 2.05) is 13.0 Å². The number of nitrogens with one attached hydrogen (secondary N) is 2. The summed E-state index contributed by atoms with van der Waals surface area (Å²) >= 11 is 6.49. The minimum absolute atomic E-state index is 0.0419. The Morgan fingerprint density at radius 1 is 1.20 bits per heavy atom. The monoisotopic (exact) mass is 507 g/mol. The van der Waals surface area contributed by atoms with Crippen molar-refractivity contribution in [2.75, 3.05) is 52.3 Å². The van der Waals surface area contributed by atoms with Crippen molar-refractivity contribution >= 4 is 29.1 Å². The third kappa shape index (κ3) is 7.59. The summed E-state index contributed by atoms with van der Waals surface area (Å²) in [6, 6.07) is 4.59. The number of allylic oxidation sites excluding steroid dienone is 1. The number of nitrogens with two attached hydrogens (primary N) is 1. The van der Waals surface area contributed by atoms with Gasteiger partial charge in [0.2, 0.25) is 5.91 Å². The zero-order valence-electron chi connectivity index (χ0n) is 22.0. The minimum Gasteiger partial charge on any atom is -0.391 e. The molecule has 0 unspecified atom stereocenters. The number of rotatable bonds is 12. The van der Waals surface area contributed by atoms with Crippen molar-refractivity contribution in [3.63, 3.8) is 0 Å². The largest absolute Gasteiger partial charge is 0.391 e. The molecule has 4 N–H and O–H groups in total. The van der Waals surface area contributed by atoms with E-state index in [-0.39, 0.29) is 12.5 Å². The fourth-order valence-electron chi connectivity index (χ4n) is 4.87. The van der Waals surface area contributed by atoms with Crippen LogP contribution in [0.1, 0.15) is 55.5 Å². The molecule has 8 nitrogen and oxygen atoms in total. The van der Waals surface area contributed by atoms with Gasteiger partial charge >= 0.3 is 0 Å². The van der Waals surface area contributed by atoms with Gasteiger partial charge in [-0.15, -0.1) is 0 Å². The lowest BCUT2D eigenvalue weighted by molar-refractivity contribution is -0.114. The van der Waals surface area contributed by atoms with Gasteiger partial charge < -0.3 is 30.9 Å². The normalized spacial score (nSPS) is 18.7. The predicted molar refractivity (Wildman–Crippen MR) is 143 cm³/mol. The lowest BCUT2D eigenvalue weighted by atomic mass is 9.88. The number of carbonyl (C=O) groups is 2. The number of anilines is 1. The van der Waals surface area contributed by atoms with Crippen LogP contribution in [0.3, 0.4) is 0 Å². The first-order chi connectivity index (χ1) is 16.6. The lowest BCUT2D eigenvalue weighted by Gasteiger charge is -2.41. The zero-order valence-corrected chi connectivity index (χ0v) is 22.8. The maximum Gasteiger partial charge on any atom is 0.251 e. The second-order valence-electron chi connectivity index (χ2n) is 9.22. The van der Waals surface area contributed by atoms with E-state index in [4.69, 9.17) is 22.1 Å². The van der Waals surface area contributed by atoms with Gasteiger partial charge in [-0.2, -0.15) is 0 Å². The Kier molecular flexibility index (Phi) is 11.3. The summed E-state index contributed by atoms with van der Waals surface area (Å²) in [5, 5.41) is 6.25. The highest BCUT2D eigenvalue weighted by molar-refractivity contribution is 6.31. The summed E-state index contributed by atoms with van der Waals surface area (Å²) in [6.45, 7) is 8.40. The van der Waals surface area contributed by atoms with Gasteiger partial charge in [-0.3, -0.25) is 9.59 Å². The quantitative estimate of drug-likeness (QED) is 0.376. The summed E-state index contributed by atoms with van der Waals surface area (Å²) in [7, 11) is 5.62. The fourth-order valence-corrected chi connectivity index (χ4v) is 5.08. The molecule has 0 radical (unpaired) electrons. The Bertz CT molecular complexity index is 912. The molecular formula is C26H42ClN5O3. The maximum absolute atomic E-state index is 13.1. The van der Waals surface area contributed by atoms with Gasteiger partial charge in [0.05, 0.1) is 18.7 Å². The highest BCUT2D eigenvalue weighted by Crippen LogP contribution is 2.34. The molecule has 35 heavy (non-hydrogen) atoms. The fraction of sp³-hybridized carbons (Fsp3) is 0.615. The number of likely N-dealkylation sites (N-methyl/N-ethyl adjacent to an activating group) is 1. The molecule has 0 saturated heterocycles. The smallest absolute Gasteiger partial charge is 0.251 e. The Balaban J connectivity index is 2.19. The van der Waals surface area contributed by atoms with Crippen LogP contribution in [-0.4, -0.2) is 76.2 Å². The molecule has 0 spiro atoms. The van der Waals surface area contributed by atoms with E-state index in [2.05, 4.69) is 34.4 Å². The van der Waals surface area contributed by atoms with Crippen LogP contribution in [-0.2, 0) is 9.53 Å². The molecule has 0 heterocycles. The Morgan fingerprint density at radius 3 is 2.37 bits per heavy atom. The molecule has 1 aromatic rings. The third-order valence-corrected chi connectivity index (χ3v) is 7.39. The Hall–Kier alpha value is -2.29. The Morgan fingerprint density at radius 2 is 1.83 bits per heavy atom. The summed E-state index contributed by atoms with van der Waals surface area (Å²) in [4.78, 5) is 29.7. The van der Waals surface area contributed by atoms with Crippen molar-refractivity contribution in [2.45, 2.75) is 58.5 Å². The molecule has 1 saturated carbocycles. The number of methoxy groups -OCH3 is 1. The molecule has 1 aliphatic carbocycles. The number of hydrogen-bond donors (Lipinski definition) is 3. The van der Waals surface area contributed by atoms with Gasteiger partial charge in [0, 0.05) is 61.3 Å². The molecule has 196 valence electrons. The molecule has 0 atom stereocenters. The summed E-state index contributed by atoms with van der Waals surface area (Å²) in [6.07, 6.45) is 4.42. The van der Waals surface area contributed by atoms with Crippen LogP contribution in [0.25, 0.3) is 0 Å². The Labute approximate surface area is 215 Å². The van der Waals surface area contributed by atoms with Gasteiger partial charge in [-0.1, -0.05) is 11.6 Å². The van der Waals surface area contributed by atoms with E-state index in [9.17, 15) is 9.59 Å². The summed E-state index contributed by atoms with van der Waals surface area (Å²) < 4.78 is 5.23. The molecule has 1 aromatic carbocycles.